The maximum Gasteiger partial charge on any atom is 0.170 e. The minimum Gasteiger partial charge on any atom is -0.352 e. The molecule has 0 amide bonds. The minimum atomic E-state index is -0.0808. The Bertz CT molecular complexity index is 184. The molecule has 96 valence electrons. The normalized spacial score (nSPS) is 27.6. The van der Waals surface area contributed by atoms with E-state index in [1.54, 1.807) is 0 Å². The molecule has 16 heavy (non-hydrogen) atoms. The van der Waals surface area contributed by atoms with Crippen molar-refractivity contribution in [1.82, 2.24) is 10.2 Å². The highest BCUT2D eigenvalue weighted by molar-refractivity contribution is 4.81. The number of rotatable bonds is 6. The molecule has 0 aromatic carbocycles. The monoisotopic (exact) mass is 230 g/mol. The molecular formula is C12H26N2O2. The van der Waals surface area contributed by atoms with E-state index in [0.717, 1.165) is 19.6 Å². The Labute approximate surface area is 99.3 Å². The zero-order valence-corrected chi connectivity index (χ0v) is 11.0. The molecule has 1 aliphatic rings. The van der Waals surface area contributed by atoms with Crippen LogP contribution in [0, 0.1) is 0 Å². The molecule has 0 bridgehead atoms. The maximum absolute atomic E-state index is 5.58. The highest BCUT2D eigenvalue weighted by Crippen LogP contribution is 2.09. The van der Waals surface area contributed by atoms with Crippen LogP contribution < -0.4 is 5.32 Å². The number of nitrogens with zero attached hydrogens (tertiary/aromatic N) is 1. The lowest BCUT2D eigenvalue weighted by atomic mass is 10.1. The van der Waals surface area contributed by atoms with E-state index in [-0.39, 0.29) is 6.29 Å². The zero-order chi connectivity index (χ0) is 12.0. The van der Waals surface area contributed by atoms with Crippen molar-refractivity contribution < 1.29 is 9.47 Å². The summed E-state index contributed by atoms with van der Waals surface area (Å²) >= 11 is 0. The second kappa shape index (κ2) is 7.22. The number of hydrogen-bond donors (Lipinski definition) is 1. The molecule has 4 nitrogen and oxygen atoms in total. The Morgan fingerprint density at radius 2 is 1.88 bits per heavy atom. The Morgan fingerprint density at radius 3 is 2.44 bits per heavy atom. The topological polar surface area (TPSA) is 33.7 Å². The lowest BCUT2D eigenvalue weighted by Gasteiger charge is -2.39. The van der Waals surface area contributed by atoms with Crippen LogP contribution in [0.2, 0.25) is 0 Å². The number of nitrogens with one attached hydrogen (secondary N) is 1. The molecule has 0 aromatic rings. The molecule has 0 aromatic heterocycles. The van der Waals surface area contributed by atoms with Crippen molar-refractivity contribution >= 4 is 0 Å². The van der Waals surface area contributed by atoms with Gasteiger partial charge in [0.25, 0.3) is 0 Å². The summed E-state index contributed by atoms with van der Waals surface area (Å²) in [6, 6.07) is 1.11. The SMILES string of the molecule is CCOC(CN1CC(C)NCC1C)OCC. The van der Waals surface area contributed by atoms with Crippen LogP contribution in [-0.2, 0) is 9.47 Å². The zero-order valence-electron chi connectivity index (χ0n) is 11.0. The molecule has 4 heteroatoms. The Balaban J connectivity index is 2.41. The van der Waals surface area contributed by atoms with Crippen LogP contribution in [0.25, 0.3) is 0 Å². The third kappa shape index (κ3) is 4.37. The first-order valence-corrected chi connectivity index (χ1v) is 6.38. The van der Waals surface area contributed by atoms with Gasteiger partial charge in [-0.1, -0.05) is 0 Å². The second-order valence-electron chi connectivity index (χ2n) is 4.45. The first-order valence-electron chi connectivity index (χ1n) is 6.38. The Morgan fingerprint density at radius 1 is 1.25 bits per heavy atom. The Kier molecular flexibility index (Phi) is 6.28. The summed E-state index contributed by atoms with van der Waals surface area (Å²) in [6.45, 7) is 12.9. The predicted molar refractivity (Wildman–Crippen MR) is 65.5 cm³/mol. The van der Waals surface area contributed by atoms with Crippen LogP contribution >= 0.6 is 0 Å². The summed E-state index contributed by atoms with van der Waals surface area (Å²) in [6.07, 6.45) is -0.0808. The average Bonchev–Trinajstić information content (AvgIpc) is 2.24. The third-order valence-electron chi connectivity index (χ3n) is 2.98. The Hall–Kier alpha value is -0.160. The van der Waals surface area contributed by atoms with Gasteiger partial charge in [-0.3, -0.25) is 4.90 Å². The lowest BCUT2D eigenvalue weighted by Crippen LogP contribution is -2.56. The summed E-state index contributed by atoms with van der Waals surface area (Å²) in [7, 11) is 0. The van der Waals surface area contributed by atoms with Crippen molar-refractivity contribution in [2.45, 2.75) is 46.1 Å². The molecule has 1 rings (SSSR count). The maximum atomic E-state index is 5.58. The van der Waals surface area contributed by atoms with Gasteiger partial charge in [0, 0.05) is 44.9 Å². The molecule has 0 aliphatic carbocycles. The molecule has 1 heterocycles. The highest BCUT2D eigenvalue weighted by atomic mass is 16.7. The van der Waals surface area contributed by atoms with Crippen molar-refractivity contribution in [2.75, 3.05) is 32.8 Å². The lowest BCUT2D eigenvalue weighted by molar-refractivity contribution is -0.152. The van der Waals surface area contributed by atoms with Gasteiger partial charge in [0.1, 0.15) is 0 Å². The van der Waals surface area contributed by atoms with Crippen LogP contribution in [0.15, 0.2) is 0 Å². The third-order valence-corrected chi connectivity index (χ3v) is 2.98. The van der Waals surface area contributed by atoms with Gasteiger partial charge < -0.3 is 14.8 Å². The molecule has 0 spiro atoms. The van der Waals surface area contributed by atoms with E-state index >= 15 is 0 Å². The van der Waals surface area contributed by atoms with Crippen LogP contribution in [0.3, 0.4) is 0 Å². The van der Waals surface area contributed by atoms with Gasteiger partial charge in [0.05, 0.1) is 0 Å². The largest absolute Gasteiger partial charge is 0.352 e. The highest BCUT2D eigenvalue weighted by Gasteiger charge is 2.25. The summed E-state index contributed by atoms with van der Waals surface area (Å²) in [5.41, 5.74) is 0. The van der Waals surface area contributed by atoms with Gasteiger partial charge in [-0.2, -0.15) is 0 Å². The van der Waals surface area contributed by atoms with Crippen molar-refractivity contribution in [1.29, 1.82) is 0 Å². The first-order chi connectivity index (χ1) is 7.67. The van der Waals surface area contributed by atoms with E-state index in [4.69, 9.17) is 9.47 Å². The molecule has 1 aliphatic heterocycles. The van der Waals surface area contributed by atoms with E-state index in [0.29, 0.717) is 25.3 Å². The van der Waals surface area contributed by atoms with Gasteiger partial charge >= 0.3 is 0 Å². The van der Waals surface area contributed by atoms with Crippen LogP contribution in [0.4, 0.5) is 0 Å². The number of ether oxygens (including phenoxy) is 2. The first kappa shape index (κ1) is 13.9. The van der Waals surface area contributed by atoms with Crippen LogP contribution in [0.1, 0.15) is 27.7 Å². The molecular weight excluding hydrogens is 204 g/mol. The predicted octanol–water partition coefficient (Wildman–Crippen LogP) is 1.07. The summed E-state index contributed by atoms with van der Waals surface area (Å²) in [5, 5.41) is 3.48. The average molecular weight is 230 g/mol. The smallest absolute Gasteiger partial charge is 0.170 e. The summed E-state index contributed by atoms with van der Waals surface area (Å²) < 4.78 is 11.2. The van der Waals surface area contributed by atoms with E-state index in [2.05, 4.69) is 24.1 Å². The van der Waals surface area contributed by atoms with Crippen LogP contribution in [0.5, 0.6) is 0 Å². The van der Waals surface area contributed by atoms with Crippen molar-refractivity contribution in [3.05, 3.63) is 0 Å². The standard InChI is InChI=1S/C12H26N2O2/c1-5-15-12(16-6-2)9-14-8-10(3)13-7-11(14)4/h10-13H,5-9H2,1-4H3. The van der Waals surface area contributed by atoms with Crippen LogP contribution in [-0.4, -0.2) is 56.1 Å². The van der Waals surface area contributed by atoms with Gasteiger partial charge in [0.2, 0.25) is 0 Å². The van der Waals surface area contributed by atoms with E-state index in [1.165, 1.54) is 0 Å². The fourth-order valence-electron chi connectivity index (χ4n) is 2.07. The van der Waals surface area contributed by atoms with Crippen molar-refractivity contribution in [3.8, 4) is 0 Å². The molecule has 2 atom stereocenters. The summed E-state index contributed by atoms with van der Waals surface area (Å²) in [5.74, 6) is 0. The van der Waals surface area contributed by atoms with Crippen molar-refractivity contribution in [2.24, 2.45) is 0 Å². The van der Waals surface area contributed by atoms with Gasteiger partial charge in [-0.15, -0.1) is 0 Å². The quantitative estimate of drug-likeness (QED) is 0.692. The van der Waals surface area contributed by atoms with E-state index in [9.17, 15) is 0 Å². The van der Waals surface area contributed by atoms with Crippen molar-refractivity contribution in [3.63, 3.8) is 0 Å². The van der Waals surface area contributed by atoms with Gasteiger partial charge in [0.15, 0.2) is 6.29 Å². The molecule has 1 fully saturated rings. The number of hydrogen-bond acceptors (Lipinski definition) is 4. The molecule has 1 N–H and O–H groups in total. The molecule has 0 saturated carbocycles. The second-order valence-corrected chi connectivity index (χ2v) is 4.45. The van der Waals surface area contributed by atoms with Gasteiger partial charge in [-0.05, 0) is 27.7 Å². The molecule has 1 saturated heterocycles. The molecule has 0 radical (unpaired) electrons. The van der Waals surface area contributed by atoms with E-state index < -0.39 is 0 Å². The minimum absolute atomic E-state index is 0.0808. The fraction of sp³-hybridized carbons (Fsp3) is 1.00. The molecule has 2 unspecified atom stereocenters. The van der Waals surface area contributed by atoms with E-state index in [1.807, 2.05) is 13.8 Å². The fourth-order valence-corrected chi connectivity index (χ4v) is 2.07. The number of piperazine rings is 1. The van der Waals surface area contributed by atoms with Gasteiger partial charge in [-0.25, -0.2) is 0 Å². The summed E-state index contributed by atoms with van der Waals surface area (Å²) in [4.78, 5) is 2.44.